The number of rotatable bonds is 6. The van der Waals surface area contributed by atoms with Gasteiger partial charge in [-0.15, -0.1) is 0 Å². The van der Waals surface area contributed by atoms with Gasteiger partial charge >= 0.3 is 6.03 Å². The molecule has 1 unspecified atom stereocenters. The van der Waals surface area contributed by atoms with Crippen LogP contribution in [0.3, 0.4) is 0 Å². The van der Waals surface area contributed by atoms with Crippen molar-refractivity contribution in [1.82, 2.24) is 15.1 Å². The lowest BCUT2D eigenvalue weighted by atomic mass is 9.92. The van der Waals surface area contributed by atoms with E-state index in [0.717, 1.165) is 23.3 Å². The van der Waals surface area contributed by atoms with E-state index >= 15 is 0 Å². The molecule has 2 aromatic rings. The lowest BCUT2D eigenvalue weighted by molar-refractivity contribution is -0.140. The van der Waals surface area contributed by atoms with Crippen LogP contribution >= 0.6 is 10.6 Å². The molecule has 4 amide bonds. The Morgan fingerprint density at radius 1 is 1.26 bits per heavy atom. The molecule has 1 saturated heterocycles. The van der Waals surface area contributed by atoms with Gasteiger partial charge in [-0.1, -0.05) is 18.2 Å². The minimum atomic E-state index is -3.37. The largest absolute Gasteiger partial charge is 0.399 e. The van der Waals surface area contributed by atoms with Crippen LogP contribution in [0.15, 0.2) is 47.4 Å². The highest BCUT2D eigenvalue weighted by Gasteiger charge is 2.60. The van der Waals surface area contributed by atoms with Gasteiger partial charge in [0.1, 0.15) is 12.4 Å². The zero-order chi connectivity index (χ0) is 25.1. The molecule has 2 aromatic carbocycles. The van der Waals surface area contributed by atoms with E-state index in [1.54, 1.807) is 17.0 Å². The highest BCUT2D eigenvalue weighted by atomic mass is 32.3. The van der Waals surface area contributed by atoms with Crippen LogP contribution in [0.1, 0.15) is 30.9 Å². The lowest BCUT2D eigenvalue weighted by Gasteiger charge is -2.31. The number of nitrogen functional groups attached to an aromatic ring is 1. The Morgan fingerprint density at radius 3 is 2.60 bits per heavy atom. The van der Waals surface area contributed by atoms with Crippen molar-refractivity contribution in [3.8, 4) is 0 Å². The normalized spacial score (nSPS) is 24.3. The molecule has 2 atom stereocenters. The highest BCUT2D eigenvalue weighted by molar-refractivity contribution is 8.24. The van der Waals surface area contributed by atoms with Gasteiger partial charge in [-0.3, -0.25) is 23.6 Å². The van der Waals surface area contributed by atoms with Gasteiger partial charge in [-0.2, -0.15) is 10.6 Å². The average molecular weight is 503 g/mol. The molecule has 11 heteroatoms. The van der Waals surface area contributed by atoms with Crippen LogP contribution in [0.5, 0.6) is 0 Å². The maximum atomic E-state index is 13.5. The van der Waals surface area contributed by atoms with Crippen molar-refractivity contribution in [2.75, 3.05) is 18.0 Å². The smallest absolute Gasteiger partial charge is 0.325 e. The third kappa shape index (κ3) is 4.03. The Morgan fingerprint density at radius 2 is 1.94 bits per heavy atom. The van der Waals surface area contributed by atoms with Gasteiger partial charge in [0, 0.05) is 23.8 Å². The minimum Gasteiger partial charge on any atom is -0.399 e. The summed E-state index contributed by atoms with van der Waals surface area (Å²) in [6.45, 7) is 1.65. The van der Waals surface area contributed by atoms with E-state index in [4.69, 9.17) is 5.73 Å². The Labute approximate surface area is 203 Å². The standard InChI is InChI=1S/C24H27FN4O5S/c1-14(16-4-5-16)28(11-15-2-6-17(25)7-3-15)21(30)12-29-22(31)24(27-23(29)32)13-35(33,34)20-10-18(26)8-9-19(20)24/h2-3,6-10,14,16,33-34H,4-5,11-13,26H2,1H3,(H,27,32)/t14-,24?/m0/s1. The third-order valence-corrected chi connectivity index (χ3v) is 8.96. The summed E-state index contributed by atoms with van der Waals surface area (Å²) in [6.07, 6.45) is 1.97. The maximum absolute atomic E-state index is 13.5. The molecule has 1 saturated carbocycles. The molecule has 2 fully saturated rings. The Bertz CT molecular complexity index is 1220. The van der Waals surface area contributed by atoms with Gasteiger partial charge < -0.3 is 16.0 Å². The van der Waals surface area contributed by atoms with Crippen LogP contribution < -0.4 is 11.1 Å². The topological polar surface area (TPSA) is 136 Å². The number of anilines is 1. The number of imide groups is 1. The first-order valence-electron chi connectivity index (χ1n) is 11.4. The Kier molecular flexibility index (Phi) is 5.53. The van der Waals surface area contributed by atoms with E-state index in [2.05, 4.69) is 5.32 Å². The number of benzene rings is 2. The summed E-state index contributed by atoms with van der Waals surface area (Å²) >= 11 is 0. The third-order valence-electron chi connectivity index (χ3n) is 7.09. The number of fused-ring (bicyclic) bond motifs is 2. The van der Waals surface area contributed by atoms with E-state index in [1.807, 2.05) is 6.92 Å². The SMILES string of the molecule is C[C@@H](C1CC1)N(Cc1ccc(F)cc1)C(=O)CN1C(=O)NC2(CS(O)(O)c3cc(N)ccc32)C1=O. The number of carbonyl (C=O) groups is 3. The van der Waals surface area contributed by atoms with Gasteiger partial charge in [0.2, 0.25) is 5.91 Å². The fourth-order valence-corrected chi connectivity index (χ4v) is 7.00. The number of hydrogen-bond acceptors (Lipinski definition) is 6. The maximum Gasteiger partial charge on any atom is 0.325 e. The molecule has 3 aliphatic rings. The molecule has 1 aliphatic carbocycles. The Balaban J connectivity index is 1.40. The molecule has 2 heterocycles. The molecule has 1 spiro atoms. The highest BCUT2D eigenvalue weighted by Crippen LogP contribution is 2.62. The molecule has 35 heavy (non-hydrogen) atoms. The zero-order valence-electron chi connectivity index (χ0n) is 19.1. The fourth-order valence-electron chi connectivity index (χ4n) is 4.97. The summed E-state index contributed by atoms with van der Waals surface area (Å²) in [5.41, 5.74) is 5.44. The number of hydrogen-bond donors (Lipinski definition) is 4. The predicted octanol–water partition coefficient (Wildman–Crippen LogP) is 3.11. The lowest BCUT2D eigenvalue weighted by Crippen LogP contribution is -2.48. The summed E-state index contributed by atoms with van der Waals surface area (Å²) in [5.74, 6) is -1.59. The second-order valence-corrected chi connectivity index (χ2v) is 11.6. The van der Waals surface area contributed by atoms with E-state index in [1.165, 1.54) is 30.3 Å². The number of halogens is 1. The molecule has 5 N–H and O–H groups in total. The van der Waals surface area contributed by atoms with Crippen molar-refractivity contribution in [2.45, 2.75) is 42.8 Å². The van der Waals surface area contributed by atoms with E-state index in [9.17, 15) is 27.9 Å². The minimum absolute atomic E-state index is 0.121. The molecular formula is C24H27FN4O5S. The molecule has 186 valence electrons. The quantitative estimate of drug-likeness (QED) is 0.354. The Hall–Kier alpha value is -3.15. The van der Waals surface area contributed by atoms with Crippen LogP contribution in [-0.2, 0) is 21.7 Å². The second-order valence-electron chi connectivity index (χ2n) is 9.52. The molecule has 0 aromatic heterocycles. The van der Waals surface area contributed by atoms with Crippen molar-refractivity contribution in [1.29, 1.82) is 0 Å². The van der Waals surface area contributed by atoms with E-state index < -0.39 is 46.3 Å². The molecule has 5 rings (SSSR count). The summed E-state index contributed by atoms with van der Waals surface area (Å²) in [5, 5.41) is 2.61. The van der Waals surface area contributed by atoms with Crippen molar-refractivity contribution >= 4 is 34.1 Å². The van der Waals surface area contributed by atoms with Crippen molar-refractivity contribution in [3.63, 3.8) is 0 Å². The number of amides is 4. The summed E-state index contributed by atoms with van der Waals surface area (Å²) in [7, 11) is -3.37. The van der Waals surface area contributed by atoms with Gasteiger partial charge in [0.05, 0.1) is 10.6 Å². The van der Waals surface area contributed by atoms with Crippen LogP contribution in [0.25, 0.3) is 0 Å². The van der Waals surface area contributed by atoms with Crippen LogP contribution in [0, 0.1) is 11.7 Å². The first kappa shape index (κ1) is 23.6. The number of carbonyl (C=O) groups excluding carboxylic acids is 3. The molecule has 0 radical (unpaired) electrons. The molecule has 0 bridgehead atoms. The second kappa shape index (κ2) is 8.21. The summed E-state index contributed by atoms with van der Waals surface area (Å²) in [6, 6.07) is 9.38. The zero-order valence-corrected chi connectivity index (χ0v) is 19.9. The van der Waals surface area contributed by atoms with Crippen molar-refractivity contribution in [2.24, 2.45) is 5.92 Å². The van der Waals surface area contributed by atoms with Gasteiger partial charge in [0.25, 0.3) is 5.91 Å². The van der Waals surface area contributed by atoms with Gasteiger partial charge in [0.15, 0.2) is 5.54 Å². The van der Waals surface area contributed by atoms with Crippen LogP contribution in [0.4, 0.5) is 14.9 Å². The van der Waals surface area contributed by atoms with Crippen LogP contribution in [0.2, 0.25) is 0 Å². The average Bonchev–Trinajstić information content (AvgIpc) is 3.59. The fraction of sp³-hybridized carbons (Fsp3) is 0.375. The monoisotopic (exact) mass is 502 g/mol. The number of nitrogens with two attached hydrogens (primary N) is 1. The predicted molar refractivity (Wildman–Crippen MR) is 128 cm³/mol. The number of nitrogens with one attached hydrogen (secondary N) is 1. The first-order valence-corrected chi connectivity index (χ1v) is 13.1. The first-order chi connectivity index (χ1) is 16.5. The van der Waals surface area contributed by atoms with E-state index in [0.29, 0.717) is 11.6 Å². The summed E-state index contributed by atoms with van der Waals surface area (Å²) in [4.78, 5) is 42.4. The molecule has 2 aliphatic heterocycles. The van der Waals surface area contributed by atoms with Crippen molar-refractivity contribution < 1.29 is 27.9 Å². The van der Waals surface area contributed by atoms with Gasteiger partial charge in [-0.05, 0) is 55.5 Å². The molecular weight excluding hydrogens is 475 g/mol. The summed E-state index contributed by atoms with van der Waals surface area (Å²) < 4.78 is 34.6. The number of nitrogens with zero attached hydrogens (tertiary/aromatic N) is 2. The molecule has 9 nitrogen and oxygen atoms in total. The van der Waals surface area contributed by atoms with E-state index in [-0.39, 0.29) is 28.9 Å². The number of urea groups is 1. The van der Waals surface area contributed by atoms with Crippen molar-refractivity contribution in [3.05, 3.63) is 59.4 Å². The van der Waals surface area contributed by atoms with Gasteiger partial charge in [-0.25, -0.2) is 9.18 Å². The van der Waals surface area contributed by atoms with Crippen LogP contribution in [-0.4, -0.2) is 55.1 Å².